The third kappa shape index (κ3) is 3.47. The Labute approximate surface area is 142 Å². The SMILES string of the molecule is CNc1nc(N)c(C(=O)Nc2cc(OC)c(Br)cc2Br)s1. The first-order chi connectivity index (χ1) is 9.96. The molecule has 1 amide bonds. The Morgan fingerprint density at radius 1 is 1.38 bits per heavy atom. The predicted octanol–water partition coefficient (Wildman–Crippen LogP) is 3.55. The lowest BCUT2D eigenvalue weighted by molar-refractivity contribution is 0.103. The van der Waals surface area contributed by atoms with Gasteiger partial charge in [0.25, 0.3) is 5.91 Å². The van der Waals surface area contributed by atoms with Gasteiger partial charge < -0.3 is 21.1 Å². The van der Waals surface area contributed by atoms with Crippen LogP contribution in [0, 0.1) is 0 Å². The highest BCUT2D eigenvalue weighted by Gasteiger charge is 2.17. The number of hydrogen-bond acceptors (Lipinski definition) is 6. The van der Waals surface area contributed by atoms with E-state index in [9.17, 15) is 4.79 Å². The average Bonchev–Trinajstić information content (AvgIpc) is 2.83. The van der Waals surface area contributed by atoms with Crippen LogP contribution in [-0.2, 0) is 0 Å². The molecule has 4 N–H and O–H groups in total. The van der Waals surface area contributed by atoms with Crippen molar-refractivity contribution >= 4 is 65.7 Å². The van der Waals surface area contributed by atoms with E-state index in [-0.39, 0.29) is 11.7 Å². The van der Waals surface area contributed by atoms with Crippen molar-refractivity contribution in [1.29, 1.82) is 0 Å². The summed E-state index contributed by atoms with van der Waals surface area (Å²) in [6.45, 7) is 0. The number of nitrogens with one attached hydrogen (secondary N) is 2. The van der Waals surface area contributed by atoms with Crippen LogP contribution in [0.25, 0.3) is 0 Å². The van der Waals surface area contributed by atoms with Crippen LogP contribution in [-0.4, -0.2) is 25.0 Å². The van der Waals surface area contributed by atoms with E-state index >= 15 is 0 Å². The molecule has 0 aliphatic rings. The van der Waals surface area contributed by atoms with E-state index in [1.54, 1.807) is 26.3 Å². The van der Waals surface area contributed by atoms with E-state index in [2.05, 4.69) is 47.5 Å². The molecular formula is C12H12Br2N4O2S. The maximum absolute atomic E-state index is 12.3. The van der Waals surface area contributed by atoms with Gasteiger partial charge in [0.2, 0.25) is 0 Å². The van der Waals surface area contributed by atoms with Crippen LogP contribution < -0.4 is 21.1 Å². The molecule has 0 saturated heterocycles. The molecule has 0 fully saturated rings. The van der Waals surface area contributed by atoms with E-state index in [0.717, 1.165) is 8.95 Å². The number of carbonyl (C=O) groups excluding carboxylic acids is 1. The summed E-state index contributed by atoms with van der Waals surface area (Å²) in [5, 5.41) is 6.23. The second-order valence-corrected chi connectivity index (χ2v) is 6.61. The van der Waals surface area contributed by atoms with Crippen LogP contribution in [0.2, 0.25) is 0 Å². The van der Waals surface area contributed by atoms with E-state index in [4.69, 9.17) is 10.5 Å². The first-order valence-electron chi connectivity index (χ1n) is 5.74. The fourth-order valence-corrected chi connectivity index (χ4v) is 3.55. The monoisotopic (exact) mass is 434 g/mol. The van der Waals surface area contributed by atoms with Crippen molar-refractivity contribution < 1.29 is 9.53 Å². The van der Waals surface area contributed by atoms with Crippen LogP contribution in [0.1, 0.15) is 9.67 Å². The Kier molecular flexibility index (Phi) is 5.07. The number of thiazole rings is 1. The van der Waals surface area contributed by atoms with Gasteiger partial charge in [-0.3, -0.25) is 4.79 Å². The molecule has 0 atom stereocenters. The lowest BCUT2D eigenvalue weighted by Gasteiger charge is -2.10. The Bertz CT molecular complexity index is 690. The second kappa shape index (κ2) is 6.63. The number of halogens is 2. The fraction of sp³-hybridized carbons (Fsp3) is 0.167. The smallest absolute Gasteiger partial charge is 0.269 e. The van der Waals surface area contributed by atoms with Gasteiger partial charge in [0, 0.05) is 17.6 Å². The summed E-state index contributed by atoms with van der Waals surface area (Å²) in [6, 6.07) is 3.51. The molecule has 0 aliphatic carbocycles. The molecule has 0 spiro atoms. The number of carbonyl (C=O) groups is 1. The fourth-order valence-electron chi connectivity index (χ4n) is 1.56. The summed E-state index contributed by atoms with van der Waals surface area (Å²) in [5.41, 5.74) is 6.33. The molecule has 0 unspecified atom stereocenters. The molecule has 2 rings (SSSR count). The van der Waals surface area contributed by atoms with Crippen molar-refractivity contribution in [3.63, 3.8) is 0 Å². The van der Waals surface area contributed by atoms with Gasteiger partial charge in [-0.25, -0.2) is 4.98 Å². The molecule has 0 aliphatic heterocycles. The van der Waals surface area contributed by atoms with Gasteiger partial charge in [-0.2, -0.15) is 0 Å². The topological polar surface area (TPSA) is 89.3 Å². The van der Waals surface area contributed by atoms with E-state index in [1.807, 2.05) is 0 Å². The molecule has 2 aromatic rings. The molecule has 0 saturated carbocycles. The maximum Gasteiger partial charge on any atom is 0.269 e. The molecule has 1 aromatic heterocycles. The van der Waals surface area contributed by atoms with Crippen molar-refractivity contribution in [3.05, 3.63) is 26.0 Å². The molecule has 1 aromatic carbocycles. The summed E-state index contributed by atoms with van der Waals surface area (Å²) in [4.78, 5) is 16.7. The van der Waals surface area contributed by atoms with Crippen LogP contribution in [0.4, 0.5) is 16.6 Å². The van der Waals surface area contributed by atoms with Gasteiger partial charge in [-0.15, -0.1) is 0 Å². The predicted molar refractivity (Wildman–Crippen MR) is 92.4 cm³/mol. The van der Waals surface area contributed by atoms with Gasteiger partial charge >= 0.3 is 0 Å². The molecule has 9 heteroatoms. The van der Waals surface area contributed by atoms with Crippen molar-refractivity contribution in [2.45, 2.75) is 0 Å². The number of ether oxygens (including phenoxy) is 1. The van der Waals surface area contributed by atoms with E-state index < -0.39 is 0 Å². The minimum Gasteiger partial charge on any atom is -0.495 e. The molecule has 112 valence electrons. The number of rotatable bonds is 4. The zero-order valence-electron chi connectivity index (χ0n) is 11.2. The van der Waals surface area contributed by atoms with Crippen molar-refractivity contribution in [2.75, 3.05) is 30.5 Å². The Balaban J connectivity index is 2.29. The van der Waals surface area contributed by atoms with Crippen molar-refractivity contribution in [3.8, 4) is 5.75 Å². The first-order valence-corrected chi connectivity index (χ1v) is 8.15. The number of benzene rings is 1. The average molecular weight is 436 g/mol. The lowest BCUT2D eigenvalue weighted by Crippen LogP contribution is -2.12. The standard InChI is InChI=1S/C12H12Br2N4O2S/c1-16-12-18-10(15)9(21-12)11(19)17-7-4-8(20-2)6(14)3-5(7)13/h3-4H,15H2,1-2H3,(H,16,18)(H,17,19). The summed E-state index contributed by atoms with van der Waals surface area (Å²) in [6.07, 6.45) is 0. The molecular weight excluding hydrogens is 424 g/mol. The lowest BCUT2D eigenvalue weighted by atomic mass is 10.3. The normalized spacial score (nSPS) is 10.3. The van der Waals surface area contributed by atoms with Gasteiger partial charge in [0.1, 0.15) is 16.4 Å². The van der Waals surface area contributed by atoms with Gasteiger partial charge in [-0.05, 0) is 37.9 Å². The number of nitrogen functional groups attached to an aromatic ring is 1. The Morgan fingerprint density at radius 2 is 2.10 bits per heavy atom. The highest BCUT2D eigenvalue weighted by Crippen LogP contribution is 2.35. The molecule has 0 radical (unpaired) electrons. The third-order valence-corrected chi connectivity index (χ3v) is 4.93. The minimum absolute atomic E-state index is 0.196. The van der Waals surface area contributed by atoms with Crippen LogP contribution in [0.15, 0.2) is 21.1 Å². The molecule has 21 heavy (non-hydrogen) atoms. The van der Waals surface area contributed by atoms with Crippen LogP contribution in [0.5, 0.6) is 5.75 Å². The summed E-state index contributed by atoms with van der Waals surface area (Å²) >= 11 is 7.96. The number of aromatic nitrogens is 1. The Morgan fingerprint density at radius 3 is 2.67 bits per heavy atom. The van der Waals surface area contributed by atoms with E-state index in [0.29, 0.717) is 21.4 Å². The number of amides is 1. The zero-order chi connectivity index (χ0) is 15.6. The van der Waals surface area contributed by atoms with Crippen LogP contribution >= 0.6 is 43.2 Å². The number of methoxy groups -OCH3 is 1. The van der Waals surface area contributed by atoms with Gasteiger partial charge in [-0.1, -0.05) is 11.3 Å². The number of nitrogens with zero attached hydrogens (tertiary/aromatic N) is 1. The number of anilines is 3. The quantitative estimate of drug-likeness (QED) is 0.683. The molecule has 0 bridgehead atoms. The van der Waals surface area contributed by atoms with E-state index in [1.165, 1.54) is 11.3 Å². The molecule has 6 nitrogen and oxygen atoms in total. The molecule has 1 heterocycles. The zero-order valence-corrected chi connectivity index (χ0v) is 15.1. The van der Waals surface area contributed by atoms with Crippen molar-refractivity contribution in [1.82, 2.24) is 4.98 Å². The largest absolute Gasteiger partial charge is 0.495 e. The number of hydrogen-bond donors (Lipinski definition) is 3. The summed E-state index contributed by atoms with van der Waals surface area (Å²) in [7, 11) is 3.27. The maximum atomic E-state index is 12.3. The summed E-state index contributed by atoms with van der Waals surface area (Å²) < 4.78 is 6.71. The Hall–Kier alpha value is -1.32. The highest BCUT2D eigenvalue weighted by molar-refractivity contribution is 9.11. The van der Waals surface area contributed by atoms with Crippen molar-refractivity contribution in [2.24, 2.45) is 0 Å². The minimum atomic E-state index is -0.323. The first kappa shape index (κ1) is 16.1. The van der Waals surface area contributed by atoms with Gasteiger partial charge in [0.05, 0.1) is 17.3 Å². The highest BCUT2D eigenvalue weighted by atomic mass is 79.9. The summed E-state index contributed by atoms with van der Waals surface area (Å²) in [5.74, 6) is 0.486. The third-order valence-electron chi connectivity index (χ3n) is 2.56. The van der Waals surface area contributed by atoms with Gasteiger partial charge in [0.15, 0.2) is 5.13 Å². The number of nitrogens with two attached hydrogens (primary N) is 1. The van der Waals surface area contributed by atoms with Crippen LogP contribution in [0.3, 0.4) is 0 Å². The second-order valence-electron chi connectivity index (χ2n) is 3.90.